The number of hydrogen-bond donors (Lipinski definition) is 1. The molecule has 4 nitrogen and oxygen atoms in total. The van der Waals surface area contributed by atoms with Crippen LogP contribution in [0.1, 0.15) is 76.2 Å². The van der Waals surface area contributed by atoms with E-state index in [1.165, 1.54) is 12.7 Å². The predicted octanol–water partition coefficient (Wildman–Crippen LogP) is 6.14. The largest absolute Gasteiger partial charge is 0.469 e. The Morgan fingerprint density at radius 2 is 1.53 bits per heavy atom. The van der Waals surface area contributed by atoms with Crippen molar-refractivity contribution >= 4 is 11.9 Å². The average molecular weight is 436 g/mol. The monoisotopic (exact) mass is 435 g/mol. The number of benzene rings is 2. The SMILES string of the molecule is COC(=O)C1(C)CCC(C)(CNC(=O)c2ccccc2-c2ccc(C(C)(C)C)cc2)CC1. The van der Waals surface area contributed by atoms with Crippen LogP contribution in [-0.2, 0) is 14.9 Å². The van der Waals surface area contributed by atoms with Crippen LogP contribution in [0.5, 0.6) is 0 Å². The third-order valence-electron chi connectivity index (χ3n) is 7.15. The van der Waals surface area contributed by atoms with Gasteiger partial charge in [-0.25, -0.2) is 0 Å². The summed E-state index contributed by atoms with van der Waals surface area (Å²) in [4.78, 5) is 25.3. The van der Waals surface area contributed by atoms with Crippen molar-refractivity contribution < 1.29 is 14.3 Å². The lowest BCUT2D eigenvalue weighted by Crippen LogP contribution is -2.42. The Labute approximate surface area is 192 Å². The molecule has 2 aromatic rings. The van der Waals surface area contributed by atoms with Crippen LogP contribution in [-0.4, -0.2) is 25.5 Å². The van der Waals surface area contributed by atoms with Crippen molar-refractivity contribution in [3.05, 3.63) is 59.7 Å². The van der Waals surface area contributed by atoms with Crippen molar-refractivity contribution in [2.75, 3.05) is 13.7 Å². The van der Waals surface area contributed by atoms with E-state index in [1.807, 2.05) is 31.2 Å². The number of methoxy groups -OCH3 is 1. The zero-order valence-electron chi connectivity index (χ0n) is 20.4. The van der Waals surface area contributed by atoms with Gasteiger partial charge in [0.05, 0.1) is 12.5 Å². The van der Waals surface area contributed by atoms with Crippen molar-refractivity contribution in [3.8, 4) is 11.1 Å². The zero-order chi connectivity index (χ0) is 23.6. The van der Waals surface area contributed by atoms with Crippen molar-refractivity contribution in [3.63, 3.8) is 0 Å². The van der Waals surface area contributed by atoms with Crippen LogP contribution in [0.25, 0.3) is 11.1 Å². The summed E-state index contributed by atoms with van der Waals surface area (Å²) in [7, 11) is 1.45. The van der Waals surface area contributed by atoms with Gasteiger partial charge in [-0.05, 0) is 66.2 Å². The molecule has 0 unspecified atom stereocenters. The molecule has 4 heteroatoms. The van der Waals surface area contributed by atoms with Gasteiger partial charge in [-0.1, -0.05) is 70.2 Å². The summed E-state index contributed by atoms with van der Waals surface area (Å²) in [6.45, 7) is 11.4. The predicted molar refractivity (Wildman–Crippen MR) is 130 cm³/mol. The number of carbonyl (C=O) groups excluding carboxylic acids is 2. The van der Waals surface area contributed by atoms with Crippen LogP contribution in [0, 0.1) is 10.8 Å². The minimum Gasteiger partial charge on any atom is -0.469 e. The second kappa shape index (κ2) is 9.09. The smallest absolute Gasteiger partial charge is 0.311 e. The topological polar surface area (TPSA) is 55.4 Å². The first-order chi connectivity index (χ1) is 15.0. The molecule has 3 rings (SSSR count). The third kappa shape index (κ3) is 5.23. The van der Waals surface area contributed by atoms with Gasteiger partial charge in [0.15, 0.2) is 0 Å². The molecular formula is C28H37NO3. The lowest BCUT2D eigenvalue weighted by atomic mass is 9.65. The standard InChI is InChI=1S/C28H37NO3/c1-26(2,3)21-13-11-20(12-14-21)22-9-7-8-10-23(22)24(30)29-19-27(4)15-17-28(5,18-16-27)25(31)32-6/h7-14H,15-19H2,1-6H3,(H,29,30). The Hall–Kier alpha value is -2.62. The molecule has 1 saturated carbocycles. The van der Waals surface area contributed by atoms with E-state index in [2.05, 4.69) is 57.3 Å². The first kappa shape index (κ1) is 24.0. The van der Waals surface area contributed by atoms with E-state index in [9.17, 15) is 9.59 Å². The van der Waals surface area contributed by atoms with Crippen molar-refractivity contribution in [2.24, 2.45) is 10.8 Å². The number of carbonyl (C=O) groups is 2. The van der Waals surface area contributed by atoms with Gasteiger partial charge in [0, 0.05) is 12.1 Å². The van der Waals surface area contributed by atoms with E-state index in [1.54, 1.807) is 0 Å². The van der Waals surface area contributed by atoms with Gasteiger partial charge >= 0.3 is 5.97 Å². The fraction of sp³-hybridized carbons (Fsp3) is 0.500. The molecule has 1 fully saturated rings. The number of amides is 1. The molecule has 0 atom stereocenters. The number of esters is 1. The highest BCUT2D eigenvalue weighted by molar-refractivity contribution is 6.00. The molecule has 1 aliphatic carbocycles. The second-order valence-electron chi connectivity index (χ2n) is 10.9. The number of hydrogen-bond acceptors (Lipinski definition) is 3. The molecule has 0 aliphatic heterocycles. The average Bonchev–Trinajstić information content (AvgIpc) is 2.79. The van der Waals surface area contributed by atoms with Crippen LogP contribution in [0.4, 0.5) is 0 Å². The summed E-state index contributed by atoms with van der Waals surface area (Å²) < 4.78 is 4.99. The highest BCUT2D eigenvalue weighted by atomic mass is 16.5. The lowest BCUT2D eigenvalue weighted by molar-refractivity contribution is -0.155. The molecule has 0 aromatic heterocycles. The summed E-state index contributed by atoms with van der Waals surface area (Å²) >= 11 is 0. The quantitative estimate of drug-likeness (QED) is 0.574. The maximum absolute atomic E-state index is 13.1. The van der Waals surface area contributed by atoms with Gasteiger partial charge in [-0.3, -0.25) is 9.59 Å². The van der Waals surface area contributed by atoms with Gasteiger partial charge in [-0.2, -0.15) is 0 Å². The summed E-state index contributed by atoms with van der Waals surface area (Å²) in [6.07, 6.45) is 3.33. The fourth-order valence-corrected chi connectivity index (χ4v) is 4.50. The molecule has 0 heterocycles. The molecule has 1 aliphatic rings. The minimum atomic E-state index is -0.413. The van der Waals surface area contributed by atoms with Crippen molar-refractivity contribution in [1.29, 1.82) is 0 Å². The van der Waals surface area contributed by atoms with Gasteiger partial charge in [0.1, 0.15) is 0 Å². The van der Waals surface area contributed by atoms with Crippen molar-refractivity contribution in [1.82, 2.24) is 5.32 Å². The first-order valence-electron chi connectivity index (χ1n) is 11.5. The van der Waals surface area contributed by atoms with Crippen LogP contribution in [0.2, 0.25) is 0 Å². The second-order valence-corrected chi connectivity index (χ2v) is 10.9. The highest BCUT2D eigenvalue weighted by Crippen LogP contribution is 2.45. The lowest BCUT2D eigenvalue weighted by Gasteiger charge is -2.41. The van der Waals surface area contributed by atoms with E-state index in [0.29, 0.717) is 12.1 Å². The molecule has 1 amide bonds. The molecule has 172 valence electrons. The van der Waals surface area contributed by atoms with E-state index >= 15 is 0 Å². The molecule has 0 radical (unpaired) electrons. The molecule has 32 heavy (non-hydrogen) atoms. The normalized spacial score (nSPS) is 23.4. The maximum atomic E-state index is 13.1. The Bertz CT molecular complexity index is 961. The van der Waals surface area contributed by atoms with Crippen LogP contribution >= 0.6 is 0 Å². The van der Waals surface area contributed by atoms with E-state index in [-0.39, 0.29) is 22.7 Å². The third-order valence-corrected chi connectivity index (χ3v) is 7.15. The van der Waals surface area contributed by atoms with Crippen LogP contribution < -0.4 is 5.32 Å². The Kier molecular flexibility index (Phi) is 6.83. The number of rotatable bonds is 5. The van der Waals surface area contributed by atoms with Gasteiger partial charge in [0.25, 0.3) is 5.91 Å². The molecule has 0 bridgehead atoms. The van der Waals surface area contributed by atoms with Gasteiger partial charge < -0.3 is 10.1 Å². The van der Waals surface area contributed by atoms with E-state index in [4.69, 9.17) is 4.74 Å². The summed E-state index contributed by atoms with van der Waals surface area (Å²) in [5.74, 6) is -0.182. The fourth-order valence-electron chi connectivity index (χ4n) is 4.50. The molecule has 2 aromatic carbocycles. The molecule has 1 N–H and O–H groups in total. The minimum absolute atomic E-state index is 0.0213. The molecule has 0 spiro atoms. The summed E-state index contributed by atoms with van der Waals surface area (Å²) in [5.41, 5.74) is 3.60. The molecular weight excluding hydrogens is 398 g/mol. The van der Waals surface area contributed by atoms with Gasteiger partial charge in [0.2, 0.25) is 0 Å². The summed E-state index contributed by atoms with van der Waals surface area (Å²) in [6, 6.07) is 16.3. The van der Waals surface area contributed by atoms with Crippen LogP contribution in [0.3, 0.4) is 0 Å². The zero-order valence-corrected chi connectivity index (χ0v) is 20.4. The summed E-state index contributed by atoms with van der Waals surface area (Å²) in [5, 5.41) is 3.17. The van der Waals surface area contributed by atoms with Crippen molar-refractivity contribution in [2.45, 2.75) is 65.7 Å². The Morgan fingerprint density at radius 1 is 0.938 bits per heavy atom. The highest BCUT2D eigenvalue weighted by Gasteiger charge is 2.42. The van der Waals surface area contributed by atoms with Gasteiger partial charge in [-0.15, -0.1) is 0 Å². The Morgan fingerprint density at radius 3 is 2.09 bits per heavy atom. The number of nitrogens with one attached hydrogen (secondary N) is 1. The number of ether oxygens (including phenoxy) is 1. The first-order valence-corrected chi connectivity index (χ1v) is 11.5. The molecule has 0 saturated heterocycles. The van der Waals surface area contributed by atoms with E-state index in [0.717, 1.165) is 36.8 Å². The Balaban J connectivity index is 1.70. The van der Waals surface area contributed by atoms with Crippen LogP contribution in [0.15, 0.2) is 48.5 Å². The van der Waals surface area contributed by atoms with E-state index < -0.39 is 5.41 Å². The maximum Gasteiger partial charge on any atom is 0.311 e.